The Morgan fingerprint density at radius 1 is 1.18 bits per heavy atom. The number of H-pyrrole nitrogens is 1. The van der Waals surface area contributed by atoms with Crippen LogP contribution in [0.4, 0.5) is 29.1 Å². The molecule has 0 amide bonds. The van der Waals surface area contributed by atoms with Crippen molar-refractivity contribution in [1.82, 2.24) is 20.8 Å². The highest BCUT2D eigenvalue weighted by atomic mass is 79.9. The molecule has 2 aromatic heterocycles. The molecule has 0 aliphatic rings. The average molecular weight is 541 g/mol. The fraction of sp³-hybridized carbons (Fsp3) is 0.190. The van der Waals surface area contributed by atoms with E-state index in [1.54, 1.807) is 24.3 Å². The SMILES string of the molecule is ONC(=Nc1ccc(F)c(Br)c1)c1nonc1NCCc1c(CC(F)(F)F)[nH]c2ccccc12. The summed E-state index contributed by atoms with van der Waals surface area (Å²) in [6.45, 7) is 0.189. The summed E-state index contributed by atoms with van der Waals surface area (Å²) in [7, 11) is 0. The summed E-state index contributed by atoms with van der Waals surface area (Å²) in [6.07, 6.45) is -5.20. The number of anilines is 1. The van der Waals surface area contributed by atoms with Crippen LogP contribution in [0.2, 0.25) is 0 Å². The standard InChI is InChI=1S/C21H17BrF4N6O2/c22-14-9-11(5-6-15(14)23)28-20(30-33)18-19(32-34-31-18)27-8-7-13-12-3-1-2-4-16(12)29-17(13)10-21(24,25)26/h1-6,9,29,33H,7-8,10H2,(H,27,32)(H,28,30). The Bertz CT molecular complexity index is 1330. The van der Waals surface area contributed by atoms with E-state index in [1.165, 1.54) is 18.2 Å². The molecule has 4 aromatic rings. The van der Waals surface area contributed by atoms with E-state index in [9.17, 15) is 22.8 Å². The molecule has 2 heterocycles. The van der Waals surface area contributed by atoms with Crippen LogP contribution in [0.3, 0.4) is 0 Å². The second kappa shape index (κ2) is 9.81. The van der Waals surface area contributed by atoms with Crippen LogP contribution in [0.25, 0.3) is 10.9 Å². The number of alkyl halides is 3. The summed E-state index contributed by atoms with van der Waals surface area (Å²) in [5.41, 5.74) is 3.46. The van der Waals surface area contributed by atoms with Crippen LogP contribution in [0, 0.1) is 5.82 Å². The van der Waals surface area contributed by atoms with Crippen molar-refractivity contribution in [3.05, 3.63) is 69.7 Å². The van der Waals surface area contributed by atoms with E-state index in [4.69, 9.17) is 4.63 Å². The van der Waals surface area contributed by atoms with Gasteiger partial charge in [0.15, 0.2) is 11.5 Å². The number of fused-ring (bicyclic) bond motifs is 1. The lowest BCUT2D eigenvalue weighted by molar-refractivity contribution is -0.127. The molecule has 8 nitrogen and oxygen atoms in total. The highest BCUT2D eigenvalue weighted by Gasteiger charge is 2.30. The first-order valence-electron chi connectivity index (χ1n) is 9.91. The molecular weight excluding hydrogens is 524 g/mol. The Kier molecular flexibility index (Phi) is 6.84. The Labute approximate surface area is 198 Å². The molecule has 34 heavy (non-hydrogen) atoms. The van der Waals surface area contributed by atoms with Crippen molar-refractivity contribution >= 4 is 44.2 Å². The van der Waals surface area contributed by atoms with Crippen molar-refractivity contribution in [2.24, 2.45) is 4.99 Å². The number of hydrogen-bond acceptors (Lipinski definition) is 6. The maximum absolute atomic E-state index is 13.5. The molecule has 0 atom stereocenters. The quantitative estimate of drug-likeness (QED) is 0.110. The minimum atomic E-state index is -4.36. The predicted octanol–water partition coefficient (Wildman–Crippen LogP) is 5.27. The number of halogens is 5. The van der Waals surface area contributed by atoms with Crippen molar-refractivity contribution in [3.8, 4) is 0 Å². The van der Waals surface area contributed by atoms with Gasteiger partial charge in [0, 0.05) is 23.1 Å². The first-order valence-corrected chi connectivity index (χ1v) is 10.7. The molecule has 0 radical (unpaired) electrons. The van der Waals surface area contributed by atoms with Gasteiger partial charge in [-0.1, -0.05) is 18.2 Å². The number of nitrogens with one attached hydrogen (secondary N) is 3. The van der Waals surface area contributed by atoms with Gasteiger partial charge in [-0.25, -0.2) is 14.0 Å². The van der Waals surface area contributed by atoms with Gasteiger partial charge in [-0.15, -0.1) is 0 Å². The second-order valence-electron chi connectivity index (χ2n) is 7.23. The number of hydrogen-bond donors (Lipinski definition) is 4. The predicted molar refractivity (Wildman–Crippen MR) is 120 cm³/mol. The summed E-state index contributed by atoms with van der Waals surface area (Å²) in [5, 5.41) is 20.6. The van der Waals surface area contributed by atoms with Gasteiger partial charge in [0.1, 0.15) is 5.82 Å². The Morgan fingerprint density at radius 3 is 2.71 bits per heavy atom. The first kappa shape index (κ1) is 23.7. The second-order valence-corrected chi connectivity index (χ2v) is 8.08. The summed E-state index contributed by atoms with van der Waals surface area (Å²) in [6, 6.07) is 10.9. The Balaban J connectivity index is 1.54. The van der Waals surface area contributed by atoms with Gasteiger partial charge in [0.2, 0.25) is 5.82 Å². The van der Waals surface area contributed by atoms with Gasteiger partial charge < -0.3 is 10.3 Å². The van der Waals surface area contributed by atoms with E-state index < -0.39 is 18.4 Å². The molecule has 0 saturated heterocycles. The lowest BCUT2D eigenvalue weighted by atomic mass is 10.1. The largest absolute Gasteiger partial charge is 0.394 e. The number of aliphatic imine (C=N–C) groups is 1. The zero-order chi connectivity index (χ0) is 24.3. The molecule has 0 spiro atoms. The van der Waals surface area contributed by atoms with Crippen molar-refractivity contribution < 1.29 is 27.4 Å². The minimum Gasteiger partial charge on any atom is -0.365 e. The molecule has 2 aromatic carbocycles. The van der Waals surface area contributed by atoms with Gasteiger partial charge in [0.05, 0.1) is 16.6 Å². The smallest absolute Gasteiger partial charge is 0.365 e. The average Bonchev–Trinajstić information content (AvgIpc) is 3.38. The molecule has 0 bridgehead atoms. The zero-order valence-electron chi connectivity index (χ0n) is 17.2. The minimum absolute atomic E-state index is 0.0254. The third kappa shape index (κ3) is 5.37. The Hall–Kier alpha value is -3.45. The van der Waals surface area contributed by atoms with Crippen molar-refractivity contribution in [2.45, 2.75) is 19.0 Å². The van der Waals surface area contributed by atoms with E-state index in [0.717, 1.165) is 0 Å². The summed E-state index contributed by atoms with van der Waals surface area (Å²) >= 11 is 3.06. The summed E-state index contributed by atoms with van der Waals surface area (Å²) in [5.74, 6) is -0.504. The first-order chi connectivity index (χ1) is 16.2. The lowest BCUT2D eigenvalue weighted by Gasteiger charge is -2.09. The number of hydroxylamine groups is 1. The van der Waals surface area contributed by atoms with Crippen LogP contribution in [-0.2, 0) is 12.8 Å². The van der Waals surface area contributed by atoms with Gasteiger partial charge >= 0.3 is 6.18 Å². The molecule has 0 aliphatic carbocycles. The summed E-state index contributed by atoms with van der Waals surface area (Å²) < 4.78 is 57.6. The van der Waals surface area contributed by atoms with E-state index in [0.29, 0.717) is 22.2 Å². The molecular formula is C21H17BrF4N6O2. The number of aromatic amines is 1. The maximum Gasteiger partial charge on any atom is 0.394 e. The third-order valence-electron chi connectivity index (χ3n) is 4.91. The molecule has 0 fully saturated rings. The number of rotatable bonds is 7. The monoisotopic (exact) mass is 540 g/mol. The molecule has 4 N–H and O–H groups in total. The molecule has 0 aliphatic heterocycles. The number of benzene rings is 2. The highest BCUT2D eigenvalue weighted by Crippen LogP contribution is 2.29. The van der Waals surface area contributed by atoms with E-state index in [-0.39, 0.29) is 40.5 Å². The number of aromatic nitrogens is 3. The normalized spacial score (nSPS) is 12.4. The highest BCUT2D eigenvalue weighted by molar-refractivity contribution is 9.10. The van der Waals surface area contributed by atoms with Crippen molar-refractivity contribution in [1.29, 1.82) is 0 Å². The van der Waals surface area contributed by atoms with Crippen LogP contribution in [0.15, 0.2) is 56.6 Å². The fourth-order valence-corrected chi connectivity index (χ4v) is 3.84. The molecule has 13 heteroatoms. The number of nitrogens with zero attached hydrogens (tertiary/aromatic N) is 3. The molecule has 4 rings (SSSR count). The number of amidine groups is 1. The fourth-order valence-electron chi connectivity index (χ4n) is 3.47. The Morgan fingerprint density at radius 2 is 1.97 bits per heavy atom. The number of para-hydroxylation sites is 1. The van der Waals surface area contributed by atoms with Crippen molar-refractivity contribution in [2.75, 3.05) is 11.9 Å². The zero-order valence-corrected chi connectivity index (χ0v) is 18.8. The summed E-state index contributed by atoms with van der Waals surface area (Å²) in [4.78, 5) is 7.01. The molecule has 0 unspecified atom stereocenters. The van der Waals surface area contributed by atoms with Crippen LogP contribution >= 0.6 is 15.9 Å². The topological polar surface area (TPSA) is 111 Å². The van der Waals surface area contributed by atoms with Crippen LogP contribution in [0.5, 0.6) is 0 Å². The van der Waals surface area contributed by atoms with Gasteiger partial charge in [-0.05, 0) is 62.5 Å². The van der Waals surface area contributed by atoms with Gasteiger partial charge in [-0.3, -0.25) is 10.7 Å². The maximum atomic E-state index is 13.5. The van der Waals surface area contributed by atoms with Crippen molar-refractivity contribution in [3.63, 3.8) is 0 Å². The van der Waals surface area contributed by atoms with E-state index in [2.05, 4.69) is 41.5 Å². The lowest BCUT2D eigenvalue weighted by Crippen LogP contribution is -2.22. The van der Waals surface area contributed by atoms with E-state index >= 15 is 0 Å². The third-order valence-corrected chi connectivity index (χ3v) is 5.52. The van der Waals surface area contributed by atoms with Crippen LogP contribution < -0.4 is 10.8 Å². The van der Waals surface area contributed by atoms with E-state index in [1.807, 2.05) is 5.48 Å². The van der Waals surface area contributed by atoms with Crippen LogP contribution in [-0.4, -0.2) is 39.1 Å². The van der Waals surface area contributed by atoms with Crippen LogP contribution in [0.1, 0.15) is 17.0 Å². The van der Waals surface area contributed by atoms with Gasteiger partial charge in [-0.2, -0.15) is 13.2 Å². The van der Waals surface area contributed by atoms with Gasteiger partial charge in [0.25, 0.3) is 0 Å². The molecule has 0 saturated carbocycles. The molecule has 178 valence electrons.